The molecule has 0 aliphatic carbocycles. The lowest BCUT2D eigenvalue weighted by Crippen LogP contribution is -2.18. The standard InChI is InChI=1S/C28H25FN6O3.2H2/c1-16-11-17(7-9-31-16)18-12-21(29)26(37-4)23(13-18)34-28-33-22-14-19(5-6-25(22)35(28)3)38-20-8-10-32-24(15-20)27(36)30-2;;/h5-15H,1-4H3,(H,30,36)(H,33,34);2*1H. The summed E-state index contributed by atoms with van der Waals surface area (Å²) in [4.78, 5) is 24.8. The van der Waals surface area contributed by atoms with E-state index in [1.165, 1.54) is 19.4 Å². The number of hydrogen-bond donors (Lipinski definition) is 2. The van der Waals surface area contributed by atoms with Crippen molar-refractivity contribution in [3.8, 4) is 28.4 Å². The highest BCUT2D eigenvalue weighted by atomic mass is 19.1. The molecular weight excluding hydrogens is 487 g/mol. The summed E-state index contributed by atoms with van der Waals surface area (Å²) in [5, 5.41) is 5.76. The number of fused-ring (bicyclic) bond motifs is 1. The molecule has 2 aromatic carbocycles. The summed E-state index contributed by atoms with van der Waals surface area (Å²) in [6, 6.07) is 15.7. The van der Waals surface area contributed by atoms with Crippen molar-refractivity contribution < 1.29 is 21.5 Å². The Morgan fingerprint density at radius 1 is 1.00 bits per heavy atom. The summed E-state index contributed by atoms with van der Waals surface area (Å²) in [6.45, 7) is 1.88. The molecule has 2 N–H and O–H groups in total. The number of pyridine rings is 2. The van der Waals surface area contributed by atoms with Gasteiger partial charge in [-0.15, -0.1) is 0 Å². The zero-order valence-corrected chi connectivity index (χ0v) is 21.2. The van der Waals surface area contributed by atoms with Gasteiger partial charge in [0.2, 0.25) is 5.95 Å². The average Bonchev–Trinajstić information content (AvgIpc) is 3.22. The molecule has 38 heavy (non-hydrogen) atoms. The first-order chi connectivity index (χ1) is 18.4. The Morgan fingerprint density at radius 2 is 1.79 bits per heavy atom. The molecule has 3 heterocycles. The first kappa shape index (κ1) is 24.7. The molecule has 196 valence electrons. The molecule has 0 unspecified atom stereocenters. The van der Waals surface area contributed by atoms with E-state index in [4.69, 9.17) is 14.5 Å². The van der Waals surface area contributed by atoms with E-state index in [-0.39, 0.29) is 20.2 Å². The highest BCUT2D eigenvalue weighted by molar-refractivity contribution is 5.92. The number of aromatic nitrogens is 4. The molecular formula is C28H29FN6O3. The van der Waals surface area contributed by atoms with E-state index in [2.05, 4.69) is 20.6 Å². The van der Waals surface area contributed by atoms with Crippen molar-refractivity contribution in [2.24, 2.45) is 7.05 Å². The van der Waals surface area contributed by atoms with Crippen molar-refractivity contribution >= 4 is 28.6 Å². The lowest BCUT2D eigenvalue weighted by molar-refractivity contribution is 0.0958. The molecule has 0 saturated heterocycles. The van der Waals surface area contributed by atoms with Crippen molar-refractivity contribution in [2.45, 2.75) is 6.92 Å². The van der Waals surface area contributed by atoms with E-state index >= 15 is 4.39 Å². The molecule has 0 aliphatic heterocycles. The quantitative estimate of drug-likeness (QED) is 0.279. The van der Waals surface area contributed by atoms with Crippen LogP contribution in [-0.4, -0.2) is 39.6 Å². The van der Waals surface area contributed by atoms with E-state index in [1.807, 2.05) is 42.8 Å². The third kappa shape index (κ3) is 4.83. The van der Waals surface area contributed by atoms with Crippen molar-refractivity contribution in [1.29, 1.82) is 0 Å². The zero-order valence-electron chi connectivity index (χ0n) is 21.2. The van der Waals surface area contributed by atoms with Crippen LogP contribution in [0.2, 0.25) is 0 Å². The number of rotatable bonds is 7. The summed E-state index contributed by atoms with van der Waals surface area (Å²) in [5.74, 6) is 0.778. The minimum Gasteiger partial charge on any atom is -0.492 e. The Kier molecular flexibility index (Phi) is 6.61. The summed E-state index contributed by atoms with van der Waals surface area (Å²) < 4.78 is 28.2. The van der Waals surface area contributed by atoms with Crippen LogP contribution < -0.4 is 20.1 Å². The van der Waals surface area contributed by atoms with E-state index in [1.54, 1.807) is 37.5 Å². The van der Waals surface area contributed by atoms with Crippen LogP contribution in [0.4, 0.5) is 16.0 Å². The summed E-state index contributed by atoms with van der Waals surface area (Å²) in [5.41, 5.74) is 4.53. The summed E-state index contributed by atoms with van der Waals surface area (Å²) in [6.07, 6.45) is 3.20. The molecule has 5 rings (SSSR count). The first-order valence-corrected chi connectivity index (χ1v) is 11.8. The smallest absolute Gasteiger partial charge is 0.269 e. The maximum Gasteiger partial charge on any atom is 0.269 e. The maximum atomic E-state index is 15.0. The molecule has 9 nitrogen and oxygen atoms in total. The Labute approximate surface area is 221 Å². The van der Waals surface area contributed by atoms with Gasteiger partial charge in [0, 0.05) is 47.2 Å². The second-order valence-corrected chi connectivity index (χ2v) is 8.55. The molecule has 0 radical (unpaired) electrons. The van der Waals surface area contributed by atoms with E-state index < -0.39 is 5.82 Å². The topological polar surface area (TPSA) is 103 Å². The van der Waals surface area contributed by atoms with E-state index in [0.29, 0.717) is 34.2 Å². The molecule has 10 heteroatoms. The van der Waals surface area contributed by atoms with Crippen LogP contribution in [-0.2, 0) is 7.05 Å². The minimum atomic E-state index is -0.495. The number of methoxy groups -OCH3 is 1. The predicted octanol–water partition coefficient (Wildman–Crippen LogP) is 5.87. The van der Waals surface area contributed by atoms with Crippen molar-refractivity contribution in [1.82, 2.24) is 24.8 Å². The fourth-order valence-electron chi connectivity index (χ4n) is 4.12. The van der Waals surface area contributed by atoms with E-state index in [0.717, 1.165) is 16.8 Å². The van der Waals surface area contributed by atoms with Gasteiger partial charge >= 0.3 is 0 Å². The van der Waals surface area contributed by atoms with E-state index in [9.17, 15) is 4.79 Å². The second kappa shape index (κ2) is 10.2. The SMILES string of the molecule is CNC(=O)c1cc(Oc2ccc3c(c2)nc(Nc2cc(-c4ccnc(C)c4)cc(F)c2OC)n3C)ccn1.[HH].[HH]. The van der Waals surface area contributed by atoms with Crippen LogP contribution in [0.1, 0.15) is 19.0 Å². The number of ether oxygens (including phenoxy) is 2. The van der Waals surface area contributed by atoms with Crippen molar-refractivity contribution in [3.05, 3.63) is 84.2 Å². The van der Waals surface area contributed by atoms with Gasteiger partial charge in [0.15, 0.2) is 11.6 Å². The molecule has 0 aliphatic rings. The predicted molar refractivity (Wildman–Crippen MR) is 147 cm³/mol. The molecule has 3 aromatic heterocycles. The normalized spacial score (nSPS) is 10.9. The van der Waals surface area contributed by atoms with Crippen LogP contribution in [0.15, 0.2) is 67.0 Å². The fraction of sp³-hybridized carbons (Fsp3) is 0.143. The van der Waals surface area contributed by atoms with Crippen LogP contribution in [0, 0.1) is 12.7 Å². The highest BCUT2D eigenvalue weighted by Gasteiger charge is 2.17. The third-order valence-electron chi connectivity index (χ3n) is 6.00. The average molecular weight is 517 g/mol. The molecule has 0 bridgehead atoms. The molecule has 0 atom stereocenters. The Bertz CT molecular complexity index is 1680. The number of amides is 1. The molecule has 0 fully saturated rings. The van der Waals surface area contributed by atoms with Gasteiger partial charge in [0.05, 0.1) is 23.8 Å². The minimum absolute atomic E-state index is 0. The molecule has 1 amide bonds. The number of nitrogens with zero attached hydrogens (tertiary/aromatic N) is 4. The Morgan fingerprint density at radius 3 is 2.55 bits per heavy atom. The van der Waals surface area contributed by atoms with Gasteiger partial charge in [0.25, 0.3) is 5.91 Å². The first-order valence-electron chi connectivity index (χ1n) is 11.8. The van der Waals surface area contributed by atoms with Gasteiger partial charge in [-0.2, -0.15) is 0 Å². The van der Waals surface area contributed by atoms with Crippen molar-refractivity contribution in [2.75, 3.05) is 19.5 Å². The molecule has 0 saturated carbocycles. The van der Waals surface area contributed by atoms with Crippen LogP contribution in [0.3, 0.4) is 0 Å². The van der Waals surface area contributed by atoms with Crippen molar-refractivity contribution in [3.63, 3.8) is 0 Å². The monoisotopic (exact) mass is 516 g/mol. The Balaban J connectivity index is 0.00000220. The fourth-order valence-corrected chi connectivity index (χ4v) is 4.12. The summed E-state index contributed by atoms with van der Waals surface area (Å²) in [7, 11) is 4.82. The zero-order chi connectivity index (χ0) is 26.8. The summed E-state index contributed by atoms with van der Waals surface area (Å²) >= 11 is 0. The van der Waals surface area contributed by atoms with Gasteiger partial charge < -0.3 is 24.7 Å². The number of nitrogens with one attached hydrogen (secondary N) is 2. The number of benzene rings is 2. The van der Waals surface area contributed by atoms with Gasteiger partial charge in [-0.1, -0.05) is 0 Å². The number of aryl methyl sites for hydroxylation is 2. The second-order valence-electron chi connectivity index (χ2n) is 8.55. The maximum absolute atomic E-state index is 15.0. The largest absolute Gasteiger partial charge is 0.492 e. The van der Waals surface area contributed by atoms with Gasteiger partial charge in [-0.3, -0.25) is 14.8 Å². The molecule has 0 spiro atoms. The molecule has 5 aromatic rings. The van der Waals surface area contributed by atoms with Crippen LogP contribution >= 0.6 is 0 Å². The lowest BCUT2D eigenvalue weighted by Gasteiger charge is -2.14. The lowest BCUT2D eigenvalue weighted by atomic mass is 10.0. The number of imidazole rings is 1. The third-order valence-corrected chi connectivity index (χ3v) is 6.00. The number of anilines is 2. The van der Waals surface area contributed by atoms with Gasteiger partial charge in [0.1, 0.15) is 17.2 Å². The van der Waals surface area contributed by atoms with Gasteiger partial charge in [-0.25, -0.2) is 9.37 Å². The number of carbonyl (C=O) groups is 1. The number of hydrogen-bond acceptors (Lipinski definition) is 7. The number of halogens is 1. The number of carbonyl (C=O) groups excluding carboxylic acids is 1. The Hall–Kier alpha value is -4.99. The van der Waals surface area contributed by atoms with Gasteiger partial charge in [-0.05, 0) is 60.5 Å². The van der Waals surface area contributed by atoms with Crippen LogP contribution in [0.5, 0.6) is 17.2 Å². The van der Waals surface area contributed by atoms with Crippen LogP contribution in [0.25, 0.3) is 22.2 Å². The highest BCUT2D eigenvalue weighted by Crippen LogP contribution is 2.36.